The largest absolute Gasteiger partial charge is 0.273 e. The molecule has 0 spiro atoms. The Balaban J connectivity index is 1.82. The molecule has 0 bridgehead atoms. The van der Waals surface area contributed by atoms with Gasteiger partial charge in [-0.1, -0.05) is 42.2 Å². The highest BCUT2D eigenvalue weighted by molar-refractivity contribution is 8.24. The lowest BCUT2D eigenvalue weighted by molar-refractivity contribution is -0.115. The maximum atomic E-state index is 12.1. The number of carbonyl (C=O) groups excluding carboxylic acids is 1. The van der Waals surface area contributed by atoms with E-state index in [9.17, 15) is 4.79 Å². The number of anilines is 1. The molecule has 5 heteroatoms. The van der Waals surface area contributed by atoms with Crippen LogP contribution in [0.3, 0.4) is 0 Å². The van der Waals surface area contributed by atoms with Crippen molar-refractivity contribution in [1.29, 1.82) is 0 Å². The van der Waals surface area contributed by atoms with E-state index in [1.165, 1.54) is 32.3 Å². The molecule has 4 rings (SSSR count). The van der Waals surface area contributed by atoms with Gasteiger partial charge in [0.25, 0.3) is 0 Å². The monoisotopic (exact) mass is 369 g/mol. The van der Waals surface area contributed by atoms with Crippen molar-refractivity contribution < 1.29 is 4.79 Å². The van der Waals surface area contributed by atoms with Crippen LogP contribution in [-0.2, 0) is 4.79 Å². The smallest absolute Gasteiger partial charge is 0.243 e. The van der Waals surface area contributed by atoms with Gasteiger partial charge >= 0.3 is 0 Å². The molecule has 3 aromatic rings. The van der Waals surface area contributed by atoms with Gasteiger partial charge in [-0.25, -0.2) is 0 Å². The number of thioether (sulfide) groups is 1. The Morgan fingerprint density at radius 2 is 1.88 bits per heavy atom. The maximum absolute atomic E-state index is 12.1. The van der Waals surface area contributed by atoms with Crippen molar-refractivity contribution in [3.63, 3.8) is 0 Å². The lowest BCUT2D eigenvalue weighted by Crippen LogP contribution is -2.28. The third-order valence-corrected chi connectivity index (χ3v) is 6.73. The number of fused-ring (bicyclic) bond motifs is 1. The molecule has 0 atom stereocenters. The number of nitrogens with zero attached hydrogens (tertiary/aromatic N) is 1. The van der Waals surface area contributed by atoms with Crippen LogP contribution in [-0.4, -0.2) is 16.0 Å². The molecular weight excluding hydrogens is 354 g/mol. The van der Waals surface area contributed by atoms with Crippen molar-refractivity contribution in [2.45, 2.75) is 13.8 Å². The number of thiocarbonyl (C=S) groups is 1. The minimum atomic E-state index is 0.0714. The third kappa shape index (κ3) is 2.57. The number of hydrogen-bond donors (Lipinski definition) is 0. The summed E-state index contributed by atoms with van der Waals surface area (Å²) in [6, 6.07) is 14.9. The second-order valence-electron chi connectivity index (χ2n) is 5.89. The lowest BCUT2D eigenvalue weighted by Gasteiger charge is -2.19. The Labute approximate surface area is 154 Å². The van der Waals surface area contributed by atoms with E-state index in [0.29, 0.717) is 10.1 Å². The summed E-state index contributed by atoms with van der Waals surface area (Å²) in [5.41, 5.74) is 4.38. The Bertz CT molecular complexity index is 940. The van der Waals surface area contributed by atoms with E-state index in [1.807, 2.05) is 6.92 Å². The first-order chi connectivity index (χ1) is 11.5. The summed E-state index contributed by atoms with van der Waals surface area (Å²) < 4.78 is 1.94. The molecule has 2 aromatic carbocycles. The highest BCUT2D eigenvalue weighted by Gasteiger charge is 2.29. The van der Waals surface area contributed by atoms with Gasteiger partial charge in [0.15, 0.2) is 0 Å². The Morgan fingerprint density at radius 3 is 2.58 bits per heavy atom. The van der Waals surface area contributed by atoms with Crippen LogP contribution in [0.25, 0.3) is 20.5 Å². The summed E-state index contributed by atoms with van der Waals surface area (Å²) in [4.78, 5) is 15.1. The zero-order valence-corrected chi connectivity index (χ0v) is 15.8. The number of rotatable bonds is 2. The highest BCUT2D eigenvalue weighted by Crippen LogP contribution is 2.39. The number of aryl methyl sites for hydroxylation is 2. The number of thiophene rings is 1. The Hall–Kier alpha value is -1.69. The Kier molecular flexibility index (Phi) is 3.95. The van der Waals surface area contributed by atoms with Gasteiger partial charge in [-0.2, -0.15) is 0 Å². The molecule has 2 nitrogen and oxygen atoms in total. The maximum Gasteiger partial charge on any atom is 0.243 e. The molecule has 2 heterocycles. The van der Waals surface area contributed by atoms with Crippen LogP contribution in [0.4, 0.5) is 5.69 Å². The first-order valence-electron chi connectivity index (χ1n) is 7.64. The summed E-state index contributed by atoms with van der Waals surface area (Å²) in [6.45, 7) is 4.14. The minimum Gasteiger partial charge on any atom is -0.273 e. The zero-order chi connectivity index (χ0) is 16.8. The molecule has 1 amide bonds. The summed E-state index contributed by atoms with van der Waals surface area (Å²) in [5, 5.41) is 1.27. The van der Waals surface area contributed by atoms with E-state index in [0.717, 1.165) is 16.8 Å². The van der Waals surface area contributed by atoms with E-state index in [1.54, 1.807) is 16.2 Å². The SMILES string of the molecule is Cc1cc(N2C(=O)CSC2=S)c(C)cc1-c1cc2ccccc2s1. The molecule has 1 aliphatic heterocycles. The molecule has 120 valence electrons. The third-order valence-electron chi connectivity index (χ3n) is 4.23. The normalized spacial score (nSPS) is 14.8. The van der Waals surface area contributed by atoms with Crippen molar-refractivity contribution in [2.75, 3.05) is 10.7 Å². The van der Waals surface area contributed by atoms with Crippen molar-refractivity contribution in [3.8, 4) is 10.4 Å². The number of carbonyl (C=O) groups is 1. The second-order valence-corrected chi connectivity index (χ2v) is 8.58. The molecule has 0 aliphatic carbocycles. The average Bonchev–Trinajstić information content (AvgIpc) is 3.13. The topological polar surface area (TPSA) is 20.3 Å². The van der Waals surface area contributed by atoms with E-state index < -0.39 is 0 Å². The summed E-state index contributed by atoms with van der Waals surface area (Å²) in [5.74, 6) is 0.511. The van der Waals surface area contributed by atoms with Crippen molar-refractivity contribution in [3.05, 3.63) is 53.6 Å². The minimum absolute atomic E-state index is 0.0714. The fourth-order valence-corrected chi connectivity index (χ4v) is 5.24. The van der Waals surface area contributed by atoms with Crippen LogP contribution < -0.4 is 4.90 Å². The molecule has 0 radical (unpaired) electrons. The lowest BCUT2D eigenvalue weighted by atomic mass is 10.0. The van der Waals surface area contributed by atoms with Crippen LogP contribution >= 0.6 is 35.3 Å². The number of benzene rings is 2. The molecule has 1 fully saturated rings. The number of amides is 1. The van der Waals surface area contributed by atoms with Crippen LogP contribution in [0.5, 0.6) is 0 Å². The van der Waals surface area contributed by atoms with Crippen molar-refractivity contribution in [1.82, 2.24) is 0 Å². The molecule has 1 saturated heterocycles. The van der Waals surface area contributed by atoms with Crippen LogP contribution in [0, 0.1) is 13.8 Å². The fourth-order valence-electron chi connectivity index (χ4n) is 3.01. The first kappa shape index (κ1) is 15.8. The van der Waals surface area contributed by atoms with E-state index in [-0.39, 0.29) is 5.91 Å². The highest BCUT2D eigenvalue weighted by atomic mass is 32.2. The average molecular weight is 370 g/mol. The van der Waals surface area contributed by atoms with Crippen LogP contribution in [0.2, 0.25) is 0 Å². The first-order valence-corrected chi connectivity index (χ1v) is 9.85. The van der Waals surface area contributed by atoms with Gasteiger partial charge in [-0.05, 0) is 60.2 Å². The van der Waals surface area contributed by atoms with Crippen LogP contribution in [0.1, 0.15) is 11.1 Å². The van der Waals surface area contributed by atoms with Gasteiger partial charge in [0, 0.05) is 9.58 Å². The Morgan fingerprint density at radius 1 is 1.08 bits per heavy atom. The summed E-state index contributed by atoms with van der Waals surface area (Å²) in [7, 11) is 0. The summed E-state index contributed by atoms with van der Waals surface area (Å²) >= 11 is 8.58. The molecule has 0 saturated carbocycles. The van der Waals surface area contributed by atoms with E-state index in [2.05, 4.69) is 49.4 Å². The van der Waals surface area contributed by atoms with E-state index in [4.69, 9.17) is 12.2 Å². The second kappa shape index (κ2) is 5.99. The quantitative estimate of drug-likeness (QED) is 0.552. The van der Waals surface area contributed by atoms with Crippen LogP contribution in [0.15, 0.2) is 42.5 Å². The van der Waals surface area contributed by atoms with Gasteiger partial charge < -0.3 is 0 Å². The van der Waals surface area contributed by atoms with Gasteiger partial charge in [0.2, 0.25) is 5.91 Å². The van der Waals surface area contributed by atoms with Gasteiger partial charge in [-0.15, -0.1) is 11.3 Å². The van der Waals surface area contributed by atoms with Gasteiger partial charge in [0.05, 0.1) is 11.4 Å². The molecule has 1 aliphatic rings. The zero-order valence-electron chi connectivity index (χ0n) is 13.3. The van der Waals surface area contributed by atoms with Gasteiger partial charge in [-0.3, -0.25) is 9.69 Å². The molecule has 0 N–H and O–H groups in total. The predicted octanol–water partition coefficient (Wildman–Crippen LogP) is 5.55. The van der Waals surface area contributed by atoms with Gasteiger partial charge in [0.1, 0.15) is 4.32 Å². The van der Waals surface area contributed by atoms with Crippen molar-refractivity contribution in [2.24, 2.45) is 0 Å². The molecule has 24 heavy (non-hydrogen) atoms. The van der Waals surface area contributed by atoms with Crippen molar-refractivity contribution >= 4 is 61.3 Å². The van der Waals surface area contributed by atoms with E-state index >= 15 is 0 Å². The fraction of sp³-hybridized carbons (Fsp3) is 0.158. The summed E-state index contributed by atoms with van der Waals surface area (Å²) in [6.07, 6.45) is 0. The number of hydrogen-bond acceptors (Lipinski definition) is 4. The molecule has 0 unspecified atom stereocenters. The predicted molar refractivity (Wildman–Crippen MR) is 109 cm³/mol. The molecular formula is C19H15NOS3. The molecule has 1 aromatic heterocycles. The standard InChI is InChI=1S/C19H15NOS3/c1-11-8-15(20-18(21)10-23-19(20)22)12(2)7-14(11)17-9-13-5-3-4-6-16(13)24-17/h3-9H,10H2,1-2H3.